The highest BCUT2D eigenvalue weighted by Crippen LogP contribution is 2.06. The van der Waals surface area contributed by atoms with E-state index in [4.69, 9.17) is 4.74 Å². The van der Waals surface area contributed by atoms with Crippen molar-refractivity contribution in [2.75, 3.05) is 7.05 Å². The maximum absolute atomic E-state index is 11.6. The van der Waals surface area contributed by atoms with E-state index in [9.17, 15) is 9.59 Å². The predicted molar refractivity (Wildman–Crippen MR) is 68.8 cm³/mol. The number of benzene rings is 1. The lowest BCUT2D eigenvalue weighted by molar-refractivity contribution is -0.146. The zero-order valence-corrected chi connectivity index (χ0v) is 11.1. The summed E-state index contributed by atoms with van der Waals surface area (Å²) in [6.07, 6.45) is 0.211. The molecule has 4 nitrogen and oxygen atoms in total. The molecule has 0 aliphatic heterocycles. The first-order valence-corrected chi connectivity index (χ1v) is 5.93. The van der Waals surface area contributed by atoms with E-state index >= 15 is 0 Å². The van der Waals surface area contributed by atoms with Crippen molar-refractivity contribution in [3.63, 3.8) is 0 Å². The second-order valence-electron chi connectivity index (χ2n) is 4.33. The Kier molecular flexibility index (Phi) is 5.36. The number of carbonyl (C=O) groups is 2. The molecule has 1 amide bonds. The van der Waals surface area contributed by atoms with Gasteiger partial charge < -0.3 is 9.64 Å². The number of esters is 1. The second-order valence-corrected chi connectivity index (χ2v) is 4.33. The van der Waals surface area contributed by atoms with Crippen molar-refractivity contribution in [1.82, 2.24) is 4.90 Å². The van der Waals surface area contributed by atoms with Crippen LogP contribution >= 0.6 is 0 Å². The van der Waals surface area contributed by atoms with Crippen molar-refractivity contribution in [2.45, 2.75) is 32.9 Å². The van der Waals surface area contributed by atoms with Crippen LogP contribution in [0.2, 0.25) is 0 Å². The average molecular weight is 249 g/mol. The maximum atomic E-state index is 11.6. The van der Waals surface area contributed by atoms with Crippen LogP contribution in [0, 0.1) is 0 Å². The Bertz CT molecular complexity index is 403. The third kappa shape index (κ3) is 4.57. The molecule has 0 bridgehead atoms. The molecule has 4 heteroatoms. The first-order chi connectivity index (χ1) is 8.50. The van der Waals surface area contributed by atoms with Crippen LogP contribution in [0.25, 0.3) is 0 Å². The van der Waals surface area contributed by atoms with Gasteiger partial charge in [-0.1, -0.05) is 30.3 Å². The van der Waals surface area contributed by atoms with Gasteiger partial charge in [-0.15, -0.1) is 0 Å². The largest absolute Gasteiger partial charge is 0.461 e. The first-order valence-electron chi connectivity index (χ1n) is 5.93. The van der Waals surface area contributed by atoms with E-state index in [-0.39, 0.29) is 30.9 Å². The van der Waals surface area contributed by atoms with E-state index in [2.05, 4.69) is 0 Å². The second kappa shape index (κ2) is 6.79. The summed E-state index contributed by atoms with van der Waals surface area (Å²) >= 11 is 0. The Morgan fingerprint density at radius 1 is 1.28 bits per heavy atom. The summed E-state index contributed by atoms with van der Waals surface area (Å²) in [4.78, 5) is 24.2. The third-order valence-corrected chi connectivity index (χ3v) is 2.86. The van der Waals surface area contributed by atoms with Crippen LogP contribution in [-0.4, -0.2) is 29.9 Å². The van der Waals surface area contributed by atoms with Crippen molar-refractivity contribution >= 4 is 11.9 Å². The minimum absolute atomic E-state index is 0.0571. The van der Waals surface area contributed by atoms with Gasteiger partial charge in [-0.05, 0) is 12.5 Å². The van der Waals surface area contributed by atoms with Gasteiger partial charge in [0.15, 0.2) is 0 Å². The molecule has 0 aliphatic rings. The fraction of sp³-hybridized carbons (Fsp3) is 0.429. The molecule has 0 fully saturated rings. The zero-order chi connectivity index (χ0) is 13.5. The van der Waals surface area contributed by atoms with Crippen LogP contribution in [0.4, 0.5) is 0 Å². The average Bonchev–Trinajstić information content (AvgIpc) is 2.36. The van der Waals surface area contributed by atoms with Crippen LogP contribution in [-0.2, 0) is 20.9 Å². The summed E-state index contributed by atoms with van der Waals surface area (Å²) in [6, 6.07) is 9.36. The predicted octanol–water partition coefficient (Wildman–Crippen LogP) is 1.99. The van der Waals surface area contributed by atoms with E-state index in [1.54, 1.807) is 7.05 Å². The summed E-state index contributed by atoms with van der Waals surface area (Å²) in [7, 11) is 1.68. The normalized spacial score (nSPS) is 11.7. The van der Waals surface area contributed by atoms with Gasteiger partial charge in [0, 0.05) is 20.0 Å². The summed E-state index contributed by atoms with van der Waals surface area (Å²) < 4.78 is 5.15. The van der Waals surface area contributed by atoms with Gasteiger partial charge in [0.25, 0.3) is 0 Å². The van der Waals surface area contributed by atoms with Gasteiger partial charge in [-0.3, -0.25) is 9.59 Å². The van der Waals surface area contributed by atoms with Crippen molar-refractivity contribution in [3.05, 3.63) is 35.9 Å². The highest BCUT2D eigenvalue weighted by Gasteiger charge is 2.16. The molecule has 1 atom stereocenters. The standard InChI is InChI=1S/C14H19NO3/c1-11(15(3)12(2)16)9-14(17)18-10-13-7-5-4-6-8-13/h4-8,11H,9-10H2,1-3H3. The SMILES string of the molecule is CC(=O)N(C)C(C)CC(=O)OCc1ccccc1. The summed E-state index contributed by atoms with van der Waals surface area (Å²) in [5, 5.41) is 0. The molecule has 0 spiro atoms. The number of carbonyl (C=O) groups excluding carboxylic acids is 2. The van der Waals surface area contributed by atoms with Gasteiger partial charge in [-0.25, -0.2) is 0 Å². The lowest BCUT2D eigenvalue weighted by Crippen LogP contribution is -2.35. The number of ether oxygens (including phenoxy) is 1. The zero-order valence-electron chi connectivity index (χ0n) is 11.1. The van der Waals surface area contributed by atoms with Gasteiger partial charge in [0.05, 0.1) is 6.42 Å². The van der Waals surface area contributed by atoms with Crippen molar-refractivity contribution in [3.8, 4) is 0 Å². The van der Waals surface area contributed by atoms with Gasteiger partial charge >= 0.3 is 5.97 Å². The van der Waals surface area contributed by atoms with Crippen LogP contribution in [0.3, 0.4) is 0 Å². The first kappa shape index (κ1) is 14.2. The molecule has 0 heterocycles. The molecule has 18 heavy (non-hydrogen) atoms. The molecule has 0 saturated heterocycles. The van der Waals surface area contributed by atoms with Gasteiger partial charge in [0.2, 0.25) is 5.91 Å². The number of hydrogen-bond donors (Lipinski definition) is 0. The fourth-order valence-corrected chi connectivity index (χ4v) is 1.49. The molecular formula is C14H19NO3. The molecule has 1 unspecified atom stereocenters. The molecule has 0 aromatic heterocycles. The third-order valence-electron chi connectivity index (χ3n) is 2.86. The maximum Gasteiger partial charge on any atom is 0.308 e. The van der Waals surface area contributed by atoms with Crippen LogP contribution in [0.5, 0.6) is 0 Å². The Hall–Kier alpha value is -1.84. The quantitative estimate of drug-likeness (QED) is 0.750. The van der Waals surface area contributed by atoms with E-state index in [1.807, 2.05) is 37.3 Å². The smallest absolute Gasteiger partial charge is 0.308 e. The lowest BCUT2D eigenvalue weighted by Gasteiger charge is -2.22. The molecule has 1 rings (SSSR count). The lowest BCUT2D eigenvalue weighted by atomic mass is 10.2. The van der Waals surface area contributed by atoms with Crippen LogP contribution in [0.1, 0.15) is 25.8 Å². The number of hydrogen-bond acceptors (Lipinski definition) is 3. The molecular weight excluding hydrogens is 230 g/mol. The van der Waals surface area contributed by atoms with Crippen LogP contribution in [0.15, 0.2) is 30.3 Å². The summed E-state index contributed by atoms with van der Waals surface area (Å²) in [6.45, 7) is 3.58. The molecule has 1 aromatic carbocycles. The Labute approximate surface area is 108 Å². The van der Waals surface area contributed by atoms with E-state index in [1.165, 1.54) is 11.8 Å². The molecule has 0 aliphatic carbocycles. The molecule has 1 aromatic rings. The Balaban J connectivity index is 2.36. The number of nitrogens with zero attached hydrogens (tertiary/aromatic N) is 1. The van der Waals surface area contributed by atoms with E-state index < -0.39 is 0 Å². The van der Waals surface area contributed by atoms with Crippen LogP contribution < -0.4 is 0 Å². The molecule has 0 radical (unpaired) electrons. The summed E-state index contributed by atoms with van der Waals surface area (Å²) in [5.41, 5.74) is 0.957. The minimum atomic E-state index is -0.292. The molecule has 0 saturated carbocycles. The minimum Gasteiger partial charge on any atom is -0.461 e. The monoisotopic (exact) mass is 249 g/mol. The Morgan fingerprint density at radius 3 is 2.44 bits per heavy atom. The molecule has 0 N–H and O–H groups in total. The van der Waals surface area contributed by atoms with Gasteiger partial charge in [-0.2, -0.15) is 0 Å². The van der Waals surface area contributed by atoms with Crippen molar-refractivity contribution < 1.29 is 14.3 Å². The van der Waals surface area contributed by atoms with E-state index in [0.717, 1.165) is 5.56 Å². The topological polar surface area (TPSA) is 46.6 Å². The summed E-state index contributed by atoms with van der Waals surface area (Å²) in [5.74, 6) is -0.349. The Morgan fingerprint density at radius 2 is 1.89 bits per heavy atom. The fourth-order valence-electron chi connectivity index (χ4n) is 1.49. The number of rotatable bonds is 5. The van der Waals surface area contributed by atoms with Crippen molar-refractivity contribution in [2.24, 2.45) is 0 Å². The van der Waals surface area contributed by atoms with Crippen molar-refractivity contribution in [1.29, 1.82) is 0 Å². The highest BCUT2D eigenvalue weighted by atomic mass is 16.5. The highest BCUT2D eigenvalue weighted by molar-refractivity contribution is 5.75. The number of amides is 1. The van der Waals surface area contributed by atoms with Gasteiger partial charge in [0.1, 0.15) is 6.61 Å². The van der Waals surface area contributed by atoms with E-state index in [0.29, 0.717) is 0 Å². The molecule has 98 valence electrons.